The predicted octanol–water partition coefficient (Wildman–Crippen LogP) is 1.33. The first-order valence-corrected chi connectivity index (χ1v) is 13.0. The number of esters is 1. The number of rotatable bonds is 10. The Morgan fingerprint density at radius 2 is 1.97 bits per heavy atom. The van der Waals surface area contributed by atoms with Gasteiger partial charge in [0.1, 0.15) is 30.1 Å². The molecule has 1 fully saturated rings. The van der Waals surface area contributed by atoms with Crippen molar-refractivity contribution in [3.05, 3.63) is 63.4 Å². The zero-order chi connectivity index (χ0) is 28.3. The van der Waals surface area contributed by atoms with Gasteiger partial charge in [0, 0.05) is 12.3 Å². The lowest BCUT2D eigenvalue weighted by molar-refractivity contribution is -0.149. The zero-order valence-corrected chi connectivity index (χ0v) is 21.9. The fraction of sp³-hybridized carbons (Fsp3) is 0.478. The number of alkyl halides is 1. The number of aliphatic hydroxyl groups excluding tert-OH is 1. The van der Waals surface area contributed by atoms with Crippen molar-refractivity contribution in [3.8, 4) is 11.8 Å². The molecule has 0 aliphatic carbocycles. The van der Waals surface area contributed by atoms with Crippen molar-refractivity contribution >= 4 is 13.7 Å². The molecule has 0 saturated carbocycles. The molecule has 2 aromatic rings. The van der Waals surface area contributed by atoms with Gasteiger partial charge in [0.05, 0.1) is 12.7 Å². The maximum absolute atomic E-state index is 15.9. The Bertz CT molecular complexity index is 1360. The number of carbonyl (C=O) groups excluding carboxylic acids is 1. The van der Waals surface area contributed by atoms with Crippen LogP contribution < -0.4 is 20.9 Å². The van der Waals surface area contributed by atoms with Crippen molar-refractivity contribution in [1.29, 1.82) is 5.26 Å². The molecule has 206 valence electrons. The van der Waals surface area contributed by atoms with E-state index in [1.54, 1.807) is 38.1 Å². The van der Waals surface area contributed by atoms with Crippen molar-refractivity contribution in [3.63, 3.8) is 0 Å². The highest BCUT2D eigenvalue weighted by Crippen LogP contribution is 2.49. The largest absolute Gasteiger partial charge is 0.462 e. The fourth-order valence-electron chi connectivity index (χ4n) is 3.73. The number of nitrogens with zero attached hydrogens (tertiary/aromatic N) is 2. The minimum absolute atomic E-state index is 0.0992. The molecule has 38 heavy (non-hydrogen) atoms. The van der Waals surface area contributed by atoms with E-state index in [0.29, 0.717) is 4.57 Å². The molecule has 1 aromatic carbocycles. The minimum Gasteiger partial charge on any atom is -0.462 e. The molecule has 0 amide bonds. The van der Waals surface area contributed by atoms with Crippen molar-refractivity contribution in [2.75, 3.05) is 6.61 Å². The van der Waals surface area contributed by atoms with Crippen LogP contribution in [0.5, 0.6) is 5.75 Å². The second-order valence-corrected chi connectivity index (χ2v) is 10.6. The van der Waals surface area contributed by atoms with Crippen LogP contribution in [0.4, 0.5) is 4.39 Å². The molecule has 3 N–H and O–H groups in total. The van der Waals surface area contributed by atoms with Gasteiger partial charge in [-0.2, -0.15) is 10.3 Å². The third-order valence-electron chi connectivity index (χ3n) is 5.64. The number of carbonyl (C=O) groups is 1. The molecule has 0 unspecified atom stereocenters. The number of nitriles is 1. The van der Waals surface area contributed by atoms with Crippen molar-refractivity contribution < 1.29 is 37.4 Å². The zero-order valence-electron chi connectivity index (χ0n) is 21.0. The quantitative estimate of drug-likeness (QED) is 0.285. The summed E-state index contributed by atoms with van der Waals surface area (Å²) >= 11 is 0. The Morgan fingerprint density at radius 3 is 2.55 bits per heavy atom. The van der Waals surface area contributed by atoms with Gasteiger partial charge in [-0.1, -0.05) is 18.2 Å². The molecule has 1 aromatic heterocycles. The summed E-state index contributed by atoms with van der Waals surface area (Å²) in [5.41, 5.74) is -7.57. The molecule has 15 heteroatoms. The number of benzene rings is 1. The van der Waals surface area contributed by atoms with Crippen LogP contribution in [-0.2, 0) is 29.1 Å². The summed E-state index contributed by atoms with van der Waals surface area (Å²) in [5.74, 6) is -0.656. The summed E-state index contributed by atoms with van der Waals surface area (Å²) in [6.45, 7) is 4.65. The van der Waals surface area contributed by atoms with E-state index in [0.717, 1.165) is 19.2 Å². The number of para-hydroxylation sites is 1. The molecule has 13 nitrogen and oxygen atoms in total. The molecule has 0 spiro atoms. The van der Waals surface area contributed by atoms with E-state index in [-0.39, 0.29) is 5.75 Å². The molecule has 6 atom stereocenters. The number of aliphatic hydroxyl groups is 1. The number of nitrogens with one attached hydrogen (secondary N) is 2. The summed E-state index contributed by atoms with van der Waals surface area (Å²) in [6, 6.07) is 9.07. The third kappa shape index (κ3) is 5.87. The lowest BCUT2D eigenvalue weighted by Gasteiger charge is -2.32. The first-order chi connectivity index (χ1) is 17.7. The summed E-state index contributed by atoms with van der Waals surface area (Å²) in [5, 5.41) is 23.0. The average Bonchev–Trinajstić information content (AvgIpc) is 3.03. The van der Waals surface area contributed by atoms with Crippen LogP contribution >= 0.6 is 7.75 Å². The highest BCUT2D eigenvalue weighted by atomic mass is 31.2. The van der Waals surface area contributed by atoms with Crippen LogP contribution in [0.1, 0.15) is 27.7 Å². The lowest BCUT2D eigenvalue weighted by atomic mass is 9.90. The molecule has 1 saturated heterocycles. The number of H-pyrrole nitrogens is 1. The first kappa shape index (κ1) is 29.2. The Hall–Kier alpha value is -3.34. The van der Waals surface area contributed by atoms with Crippen molar-refractivity contribution in [1.82, 2.24) is 14.6 Å². The minimum atomic E-state index is -4.42. The number of aromatic amines is 1. The number of hydrogen-bond donors (Lipinski definition) is 3. The topological polar surface area (TPSA) is 182 Å². The van der Waals surface area contributed by atoms with Gasteiger partial charge in [-0.25, -0.2) is 13.8 Å². The first-order valence-electron chi connectivity index (χ1n) is 11.5. The van der Waals surface area contributed by atoms with Gasteiger partial charge in [-0.15, -0.1) is 0 Å². The molecule has 3 rings (SSSR count). The summed E-state index contributed by atoms with van der Waals surface area (Å²) < 4.78 is 51.6. The molecule has 2 heterocycles. The maximum atomic E-state index is 15.9. The van der Waals surface area contributed by atoms with Crippen molar-refractivity contribution in [2.45, 2.75) is 63.4 Å². The van der Waals surface area contributed by atoms with Gasteiger partial charge in [0.2, 0.25) is 0 Å². The van der Waals surface area contributed by atoms with E-state index in [1.807, 2.05) is 4.98 Å². The van der Waals surface area contributed by atoms with Gasteiger partial charge < -0.3 is 19.1 Å². The smallest absolute Gasteiger partial charge is 0.459 e. The lowest BCUT2D eigenvalue weighted by Crippen LogP contribution is -2.55. The van der Waals surface area contributed by atoms with E-state index >= 15 is 4.39 Å². The van der Waals surface area contributed by atoms with Gasteiger partial charge in [-0.3, -0.25) is 23.7 Å². The number of hydrogen-bond acceptors (Lipinski definition) is 10. The predicted molar refractivity (Wildman–Crippen MR) is 130 cm³/mol. The standard InChI is InChI=1S/C23H28FN4O9P/c1-14(2)35-20(31)15(3)27-38(33,37-16-8-6-5-7-9-16)34-12-17-19(30)22(4,24)23(13-25,36-17)28-11-10-18(29)26-21(28)32/h5-11,14-15,17,19,30H,12H2,1-4H3,(H,27,33)(H,26,29,32)/t15-,17+,19+,22+,23+,38-/m0/s1. The van der Waals surface area contributed by atoms with Crippen LogP contribution in [-0.4, -0.2) is 57.3 Å². The van der Waals surface area contributed by atoms with Crippen LogP contribution in [0.2, 0.25) is 0 Å². The molecule has 0 bridgehead atoms. The number of halogens is 1. The molecular weight excluding hydrogens is 526 g/mol. The van der Waals surface area contributed by atoms with E-state index in [2.05, 4.69) is 5.09 Å². The molecule has 0 radical (unpaired) electrons. The highest BCUT2D eigenvalue weighted by Gasteiger charge is 2.67. The SMILES string of the molecule is CC(C)OC(=O)[C@H](C)N[P@](=O)(OC[C@H]1O[C@@](C#N)(n2ccc(=O)[nH]c2=O)[C@](C)(F)[C@@H]1O)Oc1ccccc1. The Kier molecular flexibility index (Phi) is 8.60. The normalized spacial score (nSPS) is 27.3. The Labute approximate surface area is 216 Å². The van der Waals surface area contributed by atoms with Gasteiger partial charge >= 0.3 is 19.4 Å². The highest BCUT2D eigenvalue weighted by molar-refractivity contribution is 7.52. The van der Waals surface area contributed by atoms with Crippen molar-refractivity contribution in [2.24, 2.45) is 0 Å². The molecule has 1 aliphatic rings. The van der Waals surface area contributed by atoms with E-state index in [1.165, 1.54) is 19.1 Å². The molecular formula is C23H28FN4O9P. The number of aromatic nitrogens is 2. The van der Waals surface area contributed by atoms with Crippen LogP contribution in [0.25, 0.3) is 0 Å². The monoisotopic (exact) mass is 554 g/mol. The maximum Gasteiger partial charge on any atom is 0.459 e. The van der Waals surface area contributed by atoms with E-state index in [9.17, 15) is 29.3 Å². The summed E-state index contributed by atoms with van der Waals surface area (Å²) in [4.78, 5) is 38.0. The van der Waals surface area contributed by atoms with E-state index < -0.39 is 67.3 Å². The summed E-state index contributed by atoms with van der Waals surface area (Å²) in [7, 11) is -4.42. The van der Waals surface area contributed by atoms with Crippen LogP contribution in [0.3, 0.4) is 0 Å². The molecule has 1 aliphatic heterocycles. The summed E-state index contributed by atoms with van der Waals surface area (Å²) in [6.07, 6.45) is -3.31. The average molecular weight is 554 g/mol. The number of ether oxygens (including phenoxy) is 2. The van der Waals surface area contributed by atoms with Gasteiger partial charge in [0.15, 0.2) is 5.67 Å². The second-order valence-electron chi connectivity index (χ2n) is 8.95. The van der Waals surface area contributed by atoms with Crippen LogP contribution in [0, 0.1) is 11.3 Å². The van der Waals surface area contributed by atoms with Gasteiger partial charge in [-0.05, 0) is 39.8 Å². The Balaban J connectivity index is 1.89. The second kappa shape index (κ2) is 11.2. The van der Waals surface area contributed by atoms with E-state index in [4.69, 9.17) is 18.5 Å². The Morgan fingerprint density at radius 1 is 1.32 bits per heavy atom. The third-order valence-corrected chi connectivity index (χ3v) is 7.29. The van der Waals surface area contributed by atoms with Gasteiger partial charge in [0.25, 0.3) is 11.3 Å². The fourth-order valence-corrected chi connectivity index (χ4v) is 5.23. The van der Waals surface area contributed by atoms with Crippen LogP contribution in [0.15, 0.2) is 52.2 Å².